The highest BCUT2D eigenvalue weighted by molar-refractivity contribution is 7.93. The molecule has 2 aliphatic rings. The first-order valence-corrected chi connectivity index (χ1v) is 9.96. The van der Waals surface area contributed by atoms with Crippen molar-refractivity contribution in [2.75, 3.05) is 19.6 Å². The van der Waals surface area contributed by atoms with Crippen LogP contribution in [0.4, 0.5) is 0 Å². The summed E-state index contributed by atoms with van der Waals surface area (Å²) < 4.78 is 28.0. The van der Waals surface area contributed by atoms with Crippen molar-refractivity contribution >= 4 is 16.1 Å². The maximum Gasteiger partial charge on any atom is 0.236 e. The summed E-state index contributed by atoms with van der Waals surface area (Å²) in [6, 6.07) is 8.56. The zero-order chi connectivity index (χ0) is 16.4. The van der Waals surface area contributed by atoms with Crippen LogP contribution in [0.15, 0.2) is 29.2 Å². The van der Waals surface area contributed by atoms with Gasteiger partial charge in [0.15, 0.2) is 0 Å². The number of aryl methyl sites for hydroxylation is 1. The maximum atomic E-state index is 12.6. The van der Waals surface area contributed by atoms with Gasteiger partial charge in [-0.05, 0) is 62.8 Å². The minimum Gasteiger partial charge on any atom is -0.301 e. The van der Waals surface area contributed by atoms with E-state index < -0.39 is 10.0 Å². The van der Waals surface area contributed by atoms with Gasteiger partial charge in [0.05, 0.1) is 4.91 Å². The number of nitrogens with zero attached hydrogens (tertiary/aromatic N) is 1. The monoisotopic (exact) mass is 334 g/mol. The van der Waals surface area contributed by atoms with Gasteiger partial charge >= 0.3 is 0 Å². The van der Waals surface area contributed by atoms with Gasteiger partial charge in [-0.1, -0.05) is 24.3 Å². The van der Waals surface area contributed by atoms with Crippen LogP contribution in [0.3, 0.4) is 0 Å². The molecular weight excluding hydrogens is 308 g/mol. The molecule has 126 valence electrons. The van der Waals surface area contributed by atoms with Gasteiger partial charge in [-0.15, -0.1) is 0 Å². The average molecular weight is 334 g/mol. The highest BCUT2D eigenvalue weighted by Gasteiger charge is 2.27. The van der Waals surface area contributed by atoms with Crippen molar-refractivity contribution in [2.24, 2.45) is 5.92 Å². The Kier molecular flexibility index (Phi) is 4.90. The van der Waals surface area contributed by atoms with Crippen molar-refractivity contribution < 1.29 is 8.42 Å². The number of fused-ring (bicyclic) bond motifs is 1. The minimum atomic E-state index is -3.36. The zero-order valence-corrected chi connectivity index (χ0v) is 14.8. The first-order valence-electron chi connectivity index (χ1n) is 8.48. The Morgan fingerprint density at radius 3 is 2.78 bits per heavy atom. The van der Waals surface area contributed by atoms with E-state index in [2.05, 4.69) is 29.5 Å². The van der Waals surface area contributed by atoms with E-state index in [4.69, 9.17) is 0 Å². The lowest BCUT2D eigenvalue weighted by Crippen LogP contribution is -2.33. The second-order valence-electron chi connectivity index (χ2n) is 6.90. The highest BCUT2D eigenvalue weighted by Crippen LogP contribution is 2.27. The summed E-state index contributed by atoms with van der Waals surface area (Å²) in [4.78, 5) is 2.93. The summed E-state index contributed by atoms with van der Waals surface area (Å²) in [5.74, 6) is 0.420. The highest BCUT2D eigenvalue weighted by atomic mass is 32.2. The number of hydrogen-bond donors (Lipinski definition) is 1. The van der Waals surface area contributed by atoms with Gasteiger partial charge in [0.25, 0.3) is 0 Å². The predicted molar refractivity (Wildman–Crippen MR) is 94.5 cm³/mol. The molecule has 1 heterocycles. The summed E-state index contributed by atoms with van der Waals surface area (Å²) in [6.45, 7) is 6.99. The van der Waals surface area contributed by atoms with Gasteiger partial charge in [-0.2, -0.15) is 0 Å². The van der Waals surface area contributed by atoms with Gasteiger partial charge in [-0.3, -0.25) is 0 Å². The third-order valence-electron chi connectivity index (χ3n) is 4.97. The fraction of sp³-hybridized carbons (Fsp3) is 0.556. The average Bonchev–Trinajstić information content (AvgIpc) is 3.02. The Bertz CT molecular complexity index is 695. The minimum absolute atomic E-state index is 0.420. The Hall–Kier alpha value is -1.17. The quantitative estimate of drug-likeness (QED) is 0.900. The lowest BCUT2D eigenvalue weighted by Gasteiger charge is -2.21. The van der Waals surface area contributed by atoms with E-state index in [9.17, 15) is 8.42 Å². The van der Waals surface area contributed by atoms with E-state index in [1.807, 2.05) is 24.3 Å². The van der Waals surface area contributed by atoms with E-state index in [0.717, 1.165) is 31.5 Å². The number of nitrogens with one attached hydrogen (secondary N) is 1. The van der Waals surface area contributed by atoms with E-state index in [1.165, 1.54) is 5.56 Å². The largest absolute Gasteiger partial charge is 0.301 e. The molecule has 0 bridgehead atoms. The van der Waals surface area contributed by atoms with Gasteiger partial charge in [0, 0.05) is 19.1 Å². The smallest absolute Gasteiger partial charge is 0.236 e. The number of sulfonamides is 1. The van der Waals surface area contributed by atoms with Crippen molar-refractivity contribution in [3.05, 3.63) is 40.3 Å². The molecule has 23 heavy (non-hydrogen) atoms. The second-order valence-corrected chi connectivity index (χ2v) is 8.72. The number of hydrogen-bond acceptors (Lipinski definition) is 3. The lowest BCUT2D eigenvalue weighted by molar-refractivity contribution is 0.265. The van der Waals surface area contributed by atoms with Crippen LogP contribution in [-0.4, -0.2) is 39.0 Å². The number of likely N-dealkylation sites (tertiary alicyclic amines) is 1. The van der Waals surface area contributed by atoms with Crippen molar-refractivity contribution in [3.8, 4) is 0 Å². The molecule has 0 spiro atoms. The Morgan fingerprint density at radius 2 is 2.04 bits per heavy atom. The molecule has 1 aromatic carbocycles. The molecule has 1 aliphatic heterocycles. The van der Waals surface area contributed by atoms with Crippen LogP contribution in [0.1, 0.15) is 37.8 Å². The van der Waals surface area contributed by atoms with E-state index >= 15 is 0 Å². The molecule has 5 heteroatoms. The summed E-state index contributed by atoms with van der Waals surface area (Å²) >= 11 is 0. The molecule has 0 saturated carbocycles. The third-order valence-corrected chi connectivity index (χ3v) is 6.53. The van der Waals surface area contributed by atoms with Crippen molar-refractivity contribution in [1.82, 2.24) is 9.62 Å². The second kappa shape index (κ2) is 6.75. The van der Waals surface area contributed by atoms with Crippen molar-refractivity contribution in [2.45, 2.75) is 39.2 Å². The van der Waals surface area contributed by atoms with Crippen molar-refractivity contribution in [1.29, 1.82) is 0 Å². The fourth-order valence-corrected chi connectivity index (χ4v) is 4.73. The Labute approximate surface area is 139 Å². The SMILES string of the molecule is CC(C)N1CCC(CNS(=O)(=O)C2=Cc3ccccc3CC2)C1. The number of benzene rings is 1. The van der Waals surface area contributed by atoms with Crippen LogP contribution in [-0.2, 0) is 16.4 Å². The zero-order valence-electron chi connectivity index (χ0n) is 14.0. The van der Waals surface area contributed by atoms with E-state index in [-0.39, 0.29) is 0 Å². The molecule has 0 radical (unpaired) electrons. The molecule has 1 aliphatic carbocycles. The molecule has 1 fully saturated rings. The summed E-state index contributed by atoms with van der Waals surface area (Å²) in [7, 11) is -3.36. The lowest BCUT2D eigenvalue weighted by atomic mass is 9.98. The summed E-state index contributed by atoms with van der Waals surface area (Å²) in [5.41, 5.74) is 2.26. The van der Waals surface area contributed by atoms with Crippen LogP contribution < -0.4 is 4.72 Å². The molecule has 4 nitrogen and oxygen atoms in total. The molecule has 0 aromatic heterocycles. The first-order chi connectivity index (χ1) is 11.0. The molecular formula is C18H26N2O2S. The normalized spacial score (nSPS) is 22.2. The molecule has 1 unspecified atom stereocenters. The molecule has 0 amide bonds. The van der Waals surface area contributed by atoms with Crippen LogP contribution in [0.2, 0.25) is 0 Å². The van der Waals surface area contributed by atoms with Gasteiger partial charge in [-0.25, -0.2) is 13.1 Å². The molecule has 1 aromatic rings. The van der Waals surface area contributed by atoms with Crippen LogP contribution >= 0.6 is 0 Å². The van der Waals surface area contributed by atoms with E-state index in [0.29, 0.717) is 29.8 Å². The summed E-state index contributed by atoms with van der Waals surface area (Å²) in [5, 5.41) is 0. The molecule has 1 saturated heterocycles. The molecule has 1 N–H and O–H groups in total. The summed E-state index contributed by atoms with van der Waals surface area (Å²) in [6.07, 6.45) is 4.29. The maximum absolute atomic E-state index is 12.6. The number of rotatable bonds is 5. The Morgan fingerprint density at radius 1 is 1.26 bits per heavy atom. The van der Waals surface area contributed by atoms with Crippen LogP contribution in [0.5, 0.6) is 0 Å². The fourth-order valence-electron chi connectivity index (χ4n) is 3.44. The molecule has 3 rings (SSSR count). The topological polar surface area (TPSA) is 49.4 Å². The molecule has 1 atom stereocenters. The number of allylic oxidation sites excluding steroid dienone is 1. The van der Waals surface area contributed by atoms with Gasteiger partial charge < -0.3 is 4.90 Å². The van der Waals surface area contributed by atoms with Gasteiger partial charge in [0.1, 0.15) is 0 Å². The van der Waals surface area contributed by atoms with E-state index in [1.54, 1.807) is 0 Å². The first kappa shape index (κ1) is 16.7. The Balaban J connectivity index is 1.63. The predicted octanol–water partition coefficient (Wildman–Crippen LogP) is 2.62. The van der Waals surface area contributed by atoms with Crippen LogP contribution in [0.25, 0.3) is 6.08 Å². The standard InChI is InChI=1S/C18H26N2O2S/c1-14(2)20-10-9-15(13-20)12-19-23(21,22)18-8-7-16-5-3-4-6-17(16)11-18/h3-6,11,14-15,19H,7-10,12-13H2,1-2H3. The van der Waals surface area contributed by atoms with Crippen LogP contribution in [0, 0.1) is 5.92 Å². The van der Waals surface area contributed by atoms with Gasteiger partial charge in [0.2, 0.25) is 10.0 Å². The van der Waals surface area contributed by atoms with Crippen molar-refractivity contribution in [3.63, 3.8) is 0 Å². The third kappa shape index (κ3) is 3.84.